The first kappa shape index (κ1) is 101. The van der Waals surface area contributed by atoms with Gasteiger partial charge in [0.1, 0.15) is 0 Å². The number of rotatable bonds is 17. The van der Waals surface area contributed by atoms with Crippen molar-refractivity contribution in [1.82, 2.24) is 0 Å². The van der Waals surface area contributed by atoms with Gasteiger partial charge in [-0.15, -0.1) is 0 Å². The maximum atomic E-state index is 9.00. The van der Waals surface area contributed by atoms with Crippen molar-refractivity contribution in [3.05, 3.63) is 428 Å². The molecule has 0 radical (unpaired) electrons. The molecule has 0 aliphatic heterocycles. The average Bonchev–Trinajstić information content (AvgIpc) is 1.70. The predicted molar refractivity (Wildman–Crippen MR) is 621 cm³/mol. The van der Waals surface area contributed by atoms with Crippen LogP contribution in [-0.4, -0.2) is 22.2 Å². The third-order valence-electron chi connectivity index (χ3n) is 30.3. The minimum atomic E-state index is -0.833. The molecule has 0 heterocycles. The van der Waals surface area contributed by atoms with Gasteiger partial charge in [0.2, 0.25) is 0 Å². The molecule has 10 heteroatoms. The normalized spacial score (nSPS) is 13.1. The molecule has 7 nitrogen and oxygen atoms in total. The third-order valence-corrected chi connectivity index (χ3v) is 31.7. The second-order valence-electron chi connectivity index (χ2n) is 42.7. The number of halogens is 2. The van der Waals surface area contributed by atoms with Gasteiger partial charge < -0.3 is 25.3 Å². The van der Waals surface area contributed by atoms with Gasteiger partial charge in [-0.05, 0) is 284 Å². The molecule has 3 aliphatic carbocycles. The molecule has 0 atom stereocenters. The van der Waals surface area contributed by atoms with E-state index in [2.05, 4.69) is 523 Å². The summed E-state index contributed by atoms with van der Waals surface area (Å²) in [4.78, 5) is 23.3. The largest absolute Gasteiger partial charge is 0.481 e. The summed E-state index contributed by atoms with van der Waals surface area (Å²) in [6.45, 7) is 44.6. The van der Waals surface area contributed by atoms with E-state index in [1.54, 1.807) is 0 Å². The molecule has 0 amide bonds. The van der Waals surface area contributed by atoms with Gasteiger partial charge in [-0.1, -0.05) is 448 Å². The number of nitrogens with one attached hydrogen (secondary N) is 1. The van der Waals surface area contributed by atoms with Gasteiger partial charge in [-0.3, -0.25) is 9.59 Å². The van der Waals surface area contributed by atoms with Crippen molar-refractivity contribution in [2.75, 3.05) is 15.1 Å². The molecule has 3 N–H and O–H groups in total. The molecule has 0 spiro atoms. The van der Waals surface area contributed by atoms with E-state index in [9.17, 15) is 0 Å². The summed E-state index contributed by atoms with van der Waals surface area (Å²) in [5, 5.41) is 34.1. The van der Waals surface area contributed by atoms with Crippen LogP contribution in [0.1, 0.15) is 241 Å². The van der Waals surface area contributed by atoms with Crippen molar-refractivity contribution in [2.45, 2.75) is 190 Å². The number of hydrogen-bond acceptors (Lipinski definition) is 5. The van der Waals surface area contributed by atoms with Gasteiger partial charge in [0.05, 0.1) is 34.1 Å². The zero-order chi connectivity index (χ0) is 102. The second-order valence-corrected chi connectivity index (χ2v) is 44.4. The molecular formula is C135H127Br2N3O4Pd. The number of benzene rings is 20. The van der Waals surface area contributed by atoms with Crippen LogP contribution in [0.25, 0.3) is 131 Å². The van der Waals surface area contributed by atoms with Crippen molar-refractivity contribution in [2.24, 2.45) is 0 Å². The smallest absolute Gasteiger partial charge is 0.300 e. The fourth-order valence-electron chi connectivity index (χ4n) is 23.0. The summed E-state index contributed by atoms with van der Waals surface area (Å²) in [5.74, 6) is 0.180. The van der Waals surface area contributed by atoms with Crippen LogP contribution in [-0.2, 0) is 46.3 Å². The summed E-state index contributed by atoms with van der Waals surface area (Å²) in [6, 6.07) is 133. The molecule has 20 aromatic carbocycles. The fourth-order valence-corrected chi connectivity index (χ4v) is 24.0. The van der Waals surface area contributed by atoms with E-state index in [0.29, 0.717) is 11.8 Å². The van der Waals surface area contributed by atoms with Gasteiger partial charge in [0.15, 0.2) is 0 Å². The first-order valence-corrected chi connectivity index (χ1v) is 52.5. The molecule has 20 aromatic rings. The Hall–Kier alpha value is -13.6. The Kier molecular flexibility index (Phi) is 28.6. The van der Waals surface area contributed by atoms with E-state index < -0.39 is 11.9 Å². The Morgan fingerprint density at radius 1 is 0.248 bits per heavy atom. The van der Waals surface area contributed by atoms with E-state index in [-0.39, 0.29) is 60.3 Å². The maximum absolute atomic E-state index is 9.00. The van der Waals surface area contributed by atoms with E-state index in [0.717, 1.165) is 22.8 Å². The van der Waals surface area contributed by atoms with Crippen LogP contribution in [0, 0.1) is 0 Å². The molecule has 23 rings (SSSR count). The maximum Gasteiger partial charge on any atom is 0.300 e. The minimum absolute atomic E-state index is 0. The van der Waals surface area contributed by atoms with Gasteiger partial charge in [0, 0.05) is 81.6 Å². The summed E-state index contributed by atoms with van der Waals surface area (Å²) < 4.78 is 2.31. The van der Waals surface area contributed by atoms with Crippen molar-refractivity contribution in [1.29, 1.82) is 0 Å². The van der Waals surface area contributed by atoms with E-state index in [1.165, 1.54) is 244 Å². The summed E-state index contributed by atoms with van der Waals surface area (Å²) in [5.41, 5.74) is 41.2. The Balaban J connectivity index is 0.000000182. The number of carbonyl (C=O) groups is 2. The number of nitrogens with zero attached hydrogens (tertiary/aromatic N) is 2. The first-order chi connectivity index (χ1) is 69.0. The van der Waals surface area contributed by atoms with Crippen LogP contribution in [0.4, 0.5) is 45.5 Å². The first-order valence-electron chi connectivity index (χ1n) is 50.9. The van der Waals surface area contributed by atoms with Gasteiger partial charge in [-0.2, -0.15) is 0 Å². The zero-order valence-electron chi connectivity index (χ0n) is 86.6. The van der Waals surface area contributed by atoms with Crippen LogP contribution in [0.2, 0.25) is 0 Å². The Bertz CT molecular complexity index is 7950. The van der Waals surface area contributed by atoms with Gasteiger partial charge in [-0.25, -0.2) is 0 Å². The topological polar surface area (TPSA) is 93.1 Å². The second kappa shape index (κ2) is 40.8. The predicted octanol–water partition coefficient (Wildman–Crippen LogP) is 39.9. The van der Waals surface area contributed by atoms with Gasteiger partial charge in [0.25, 0.3) is 11.9 Å². The monoisotopic (exact) mass is 2120 g/mol. The summed E-state index contributed by atoms with van der Waals surface area (Å²) in [6.07, 6.45) is 0. The molecule has 0 saturated heterocycles. The van der Waals surface area contributed by atoms with Crippen molar-refractivity contribution in [3.63, 3.8) is 0 Å². The van der Waals surface area contributed by atoms with Crippen LogP contribution >= 0.6 is 31.9 Å². The van der Waals surface area contributed by atoms with Crippen LogP contribution in [0.15, 0.2) is 361 Å². The average molecular weight is 2120 g/mol. The molecule has 3 aliphatic rings. The molecule has 0 bridgehead atoms. The number of fused-ring (bicyclic) bond motifs is 9. The third kappa shape index (κ3) is 18.8. The summed E-state index contributed by atoms with van der Waals surface area (Å²) in [7, 11) is 0. The molecule has 0 fully saturated rings. The standard InChI is InChI=1S/C82H76N2.C33H35N.C16H8Br2.2C2H4O2.Pd/c1-49(2)59-37-33-57(53-23-15-13-16-24-53)43-75(59)83(77-47-67-61-27-19-21-29-69(61)81(9,10)71(67)45-65(77)51(5)6)73-41-35-55-32-40-64-74(42-36-56-31-39-63(73)79(55)80(56)64)84(76-44-58(34-38-60(76)50(3)4)54-25-17-14-18-26-54)78-48-68-62-28-20-22-30-70(62)82(11,12)72(68)46-66(78)52(7)8;1-21(2)25-17-16-24(23-12-8-7-9-13-23)18-31(25)34-32-20-28-26-14-10-11-15-29(26)33(5,6)30(28)19-27(32)22(3)4;17-13-8-4-10-2-6-12-14(18)7-3-9-1-5-11(13)16(10)15(9)12;2*1-2(3)4;/h13-52H,1-12H3;7-22,34H,1-6H3;1-8H;2*1H3,(H,3,4);. The molecule has 730 valence electrons. The number of aliphatic carboxylic acids is 2. The van der Waals surface area contributed by atoms with Crippen LogP contribution in [0.5, 0.6) is 0 Å². The number of hydrogen-bond donors (Lipinski definition) is 3. The van der Waals surface area contributed by atoms with Gasteiger partial charge >= 0.3 is 0 Å². The Labute approximate surface area is 886 Å². The van der Waals surface area contributed by atoms with Crippen molar-refractivity contribution < 1.29 is 40.2 Å². The Morgan fingerprint density at radius 2 is 0.510 bits per heavy atom. The van der Waals surface area contributed by atoms with Crippen LogP contribution in [0.3, 0.4) is 0 Å². The van der Waals surface area contributed by atoms with E-state index in [4.69, 9.17) is 19.8 Å². The minimum Gasteiger partial charge on any atom is -0.481 e. The molecule has 0 unspecified atom stereocenters. The number of carboxylic acid groups (broad SMARTS) is 2. The van der Waals surface area contributed by atoms with E-state index in [1.807, 2.05) is 0 Å². The zero-order valence-corrected chi connectivity index (χ0v) is 91.4. The quantitative estimate of drug-likeness (QED) is 0.0618. The summed E-state index contributed by atoms with van der Waals surface area (Å²) >= 11 is 7.30. The molecule has 0 aromatic heterocycles. The SMILES string of the molecule is Brc1ccc2ccc3c(Br)ccc4ccc1c2c43.CC(=O)O.CC(=O)O.CC(C)c1ccc(-c2ccccc2)cc1N(c1cc2c(cc1C(C)C)C(C)(C)c1ccccc1-2)c1ccc2ccc3c(N(c4cc(-c5ccccc5)ccc4C(C)C)c4cc5c(cc4C(C)C)C(C)(C)c4ccccc4-5)ccc4ccc1c2c43.CC(C)c1ccc(-c2ccccc2)cc1Nc1cc2c(cc1C(C)C)C(C)(C)c1ccccc1-2.[Pd]. The molecule has 145 heavy (non-hydrogen) atoms. The van der Waals surface area contributed by atoms with Crippen molar-refractivity contribution in [3.8, 4) is 66.8 Å². The van der Waals surface area contributed by atoms with Crippen molar-refractivity contribution >= 4 is 154 Å². The van der Waals surface area contributed by atoms with E-state index >= 15 is 0 Å². The van der Waals surface area contributed by atoms with Crippen LogP contribution < -0.4 is 15.1 Å². The Morgan fingerprint density at radius 3 is 0.848 bits per heavy atom. The number of carboxylic acids is 2. The molecular weight excluding hydrogens is 1990 g/mol. The fraction of sp³-hybridized carbons (Fsp3) is 0.215. The molecule has 0 saturated carbocycles. The number of anilines is 8.